The summed E-state index contributed by atoms with van der Waals surface area (Å²) < 4.78 is 26.8. The van der Waals surface area contributed by atoms with Crippen molar-refractivity contribution >= 4 is 15.9 Å². The summed E-state index contributed by atoms with van der Waals surface area (Å²) in [6, 6.07) is 4.93. The van der Waals surface area contributed by atoms with Gasteiger partial charge in [-0.15, -0.1) is 0 Å². The number of aliphatic hydroxyl groups is 1. The lowest BCUT2D eigenvalue weighted by Gasteiger charge is -2.14. The molecule has 0 saturated carbocycles. The van der Waals surface area contributed by atoms with Gasteiger partial charge in [0.1, 0.15) is 0 Å². The summed E-state index contributed by atoms with van der Waals surface area (Å²) in [6.07, 6.45) is -0.395. The molecule has 2 rings (SSSR count). The van der Waals surface area contributed by atoms with E-state index in [2.05, 4.69) is 15.4 Å². The van der Waals surface area contributed by atoms with Crippen molar-refractivity contribution in [2.45, 2.75) is 31.3 Å². The summed E-state index contributed by atoms with van der Waals surface area (Å²) in [7, 11) is -3.61. The molecule has 1 aliphatic rings. The molecule has 1 amide bonds. The molecule has 0 spiro atoms. The van der Waals surface area contributed by atoms with Crippen LogP contribution in [0.1, 0.15) is 17.5 Å². The van der Waals surface area contributed by atoms with Crippen LogP contribution in [0.4, 0.5) is 0 Å². The first-order valence-electron chi connectivity index (χ1n) is 8.02. The fourth-order valence-electron chi connectivity index (χ4n) is 2.52. The minimum absolute atomic E-state index is 0.00109. The van der Waals surface area contributed by atoms with Gasteiger partial charge in [0.25, 0.3) is 0 Å². The first-order chi connectivity index (χ1) is 11.3. The van der Waals surface area contributed by atoms with E-state index in [1.807, 2.05) is 13.8 Å². The number of β-amino-alcohol motifs (C(OH)–C–C–N with tert-alkyl or cyclic N) is 1. The number of hydrogen-bond acceptors (Lipinski definition) is 5. The van der Waals surface area contributed by atoms with Gasteiger partial charge in [0, 0.05) is 38.5 Å². The highest BCUT2D eigenvalue weighted by molar-refractivity contribution is 7.89. The van der Waals surface area contributed by atoms with E-state index < -0.39 is 16.1 Å². The number of sulfonamides is 1. The lowest BCUT2D eigenvalue weighted by atomic mass is 10.1. The Labute approximate surface area is 142 Å². The second-order valence-electron chi connectivity index (χ2n) is 6.18. The Morgan fingerprint density at radius 2 is 2.04 bits per heavy atom. The van der Waals surface area contributed by atoms with Crippen LogP contribution >= 0.6 is 0 Å². The highest BCUT2D eigenvalue weighted by atomic mass is 32.2. The molecule has 1 saturated heterocycles. The number of carbonyl (C=O) groups is 1. The van der Waals surface area contributed by atoms with Gasteiger partial charge in [-0.1, -0.05) is 6.07 Å². The van der Waals surface area contributed by atoms with Crippen LogP contribution in [0.2, 0.25) is 0 Å². The SMILES string of the molecule is Cc1ccc(S(=O)(=O)NCCC(=O)NCC2CNCC2O)cc1C. The van der Waals surface area contributed by atoms with Gasteiger partial charge < -0.3 is 15.7 Å². The molecule has 8 heteroatoms. The van der Waals surface area contributed by atoms with Gasteiger partial charge in [0.2, 0.25) is 15.9 Å². The van der Waals surface area contributed by atoms with Gasteiger partial charge >= 0.3 is 0 Å². The number of aliphatic hydroxyl groups excluding tert-OH is 1. The summed E-state index contributed by atoms with van der Waals surface area (Å²) in [4.78, 5) is 12.0. The molecule has 1 aromatic rings. The monoisotopic (exact) mass is 355 g/mol. The molecule has 1 fully saturated rings. The van der Waals surface area contributed by atoms with E-state index in [1.54, 1.807) is 18.2 Å². The lowest BCUT2D eigenvalue weighted by molar-refractivity contribution is -0.121. The first-order valence-corrected chi connectivity index (χ1v) is 9.50. The highest BCUT2D eigenvalue weighted by Crippen LogP contribution is 2.14. The number of amides is 1. The molecule has 134 valence electrons. The molecule has 1 aromatic carbocycles. The Bertz CT molecular complexity index is 691. The number of hydrogen-bond donors (Lipinski definition) is 4. The van der Waals surface area contributed by atoms with Crippen LogP contribution in [0.15, 0.2) is 23.1 Å². The number of aryl methyl sites for hydroxylation is 2. The molecule has 2 atom stereocenters. The zero-order valence-corrected chi connectivity index (χ0v) is 14.8. The Morgan fingerprint density at radius 1 is 1.29 bits per heavy atom. The van der Waals surface area contributed by atoms with Gasteiger partial charge in [0.05, 0.1) is 11.0 Å². The fourth-order valence-corrected chi connectivity index (χ4v) is 3.64. The van der Waals surface area contributed by atoms with Crippen LogP contribution in [-0.4, -0.2) is 51.7 Å². The van der Waals surface area contributed by atoms with Gasteiger partial charge in [-0.2, -0.15) is 0 Å². The topological polar surface area (TPSA) is 108 Å². The van der Waals surface area contributed by atoms with Crippen LogP contribution in [-0.2, 0) is 14.8 Å². The predicted octanol–water partition coefficient (Wildman–Crippen LogP) is -0.332. The minimum Gasteiger partial charge on any atom is -0.391 e. The maximum atomic E-state index is 12.2. The average Bonchev–Trinajstić information content (AvgIpc) is 2.93. The van der Waals surface area contributed by atoms with Crippen LogP contribution in [0.3, 0.4) is 0 Å². The number of rotatable bonds is 7. The molecule has 0 aliphatic carbocycles. The minimum atomic E-state index is -3.61. The van der Waals surface area contributed by atoms with Crippen LogP contribution < -0.4 is 15.4 Å². The third kappa shape index (κ3) is 5.01. The molecule has 0 bridgehead atoms. The summed E-state index contributed by atoms with van der Waals surface area (Å²) in [5.41, 5.74) is 1.93. The predicted molar refractivity (Wildman–Crippen MR) is 91.1 cm³/mol. The van der Waals surface area contributed by atoms with Gasteiger partial charge in [-0.25, -0.2) is 13.1 Å². The van der Waals surface area contributed by atoms with Crippen molar-refractivity contribution < 1.29 is 18.3 Å². The van der Waals surface area contributed by atoms with Crippen molar-refractivity contribution in [1.29, 1.82) is 0 Å². The Kier molecular flexibility index (Phi) is 6.34. The molecule has 2 unspecified atom stereocenters. The average molecular weight is 355 g/mol. The highest BCUT2D eigenvalue weighted by Gasteiger charge is 2.25. The van der Waals surface area contributed by atoms with Gasteiger partial charge in [-0.3, -0.25) is 4.79 Å². The number of carbonyl (C=O) groups excluding carboxylic acids is 1. The van der Waals surface area contributed by atoms with Crippen molar-refractivity contribution in [1.82, 2.24) is 15.4 Å². The number of benzene rings is 1. The van der Waals surface area contributed by atoms with Crippen LogP contribution in [0, 0.1) is 19.8 Å². The Morgan fingerprint density at radius 3 is 2.67 bits per heavy atom. The van der Waals surface area contributed by atoms with Gasteiger partial charge in [-0.05, 0) is 37.1 Å². The summed E-state index contributed by atoms with van der Waals surface area (Å²) in [5, 5.41) is 15.4. The van der Waals surface area contributed by atoms with E-state index in [-0.39, 0.29) is 29.7 Å². The second-order valence-corrected chi connectivity index (χ2v) is 7.95. The quantitative estimate of drug-likeness (QED) is 0.536. The molecule has 0 aromatic heterocycles. The summed E-state index contributed by atoms with van der Waals surface area (Å²) in [5.74, 6) is -0.238. The van der Waals surface area contributed by atoms with Crippen LogP contribution in [0.25, 0.3) is 0 Å². The second kappa shape index (κ2) is 8.06. The third-order valence-corrected chi connectivity index (χ3v) is 5.76. The van der Waals surface area contributed by atoms with Crippen molar-refractivity contribution in [2.75, 3.05) is 26.2 Å². The number of nitrogens with one attached hydrogen (secondary N) is 3. The molecule has 1 heterocycles. The van der Waals surface area contributed by atoms with Crippen molar-refractivity contribution in [2.24, 2.45) is 5.92 Å². The summed E-state index contributed by atoms with van der Waals surface area (Å²) >= 11 is 0. The molecule has 24 heavy (non-hydrogen) atoms. The van der Waals surface area contributed by atoms with E-state index >= 15 is 0 Å². The largest absolute Gasteiger partial charge is 0.391 e. The van der Waals surface area contributed by atoms with Gasteiger partial charge in [0.15, 0.2) is 0 Å². The third-order valence-electron chi connectivity index (χ3n) is 4.30. The summed E-state index contributed by atoms with van der Waals surface area (Å²) in [6.45, 7) is 5.40. The first kappa shape index (κ1) is 18.9. The standard InChI is InChI=1S/C16H25N3O4S/c1-11-3-4-14(7-12(11)2)24(22,23)19-6-5-16(21)18-9-13-8-17-10-15(13)20/h3-4,7,13,15,17,19-20H,5-6,8-10H2,1-2H3,(H,18,21). The molecular weight excluding hydrogens is 330 g/mol. The van der Waals surface area contributed by atoms with E-state index in [0.717, 1.165) is 11.1 Å². The van der Waals surface area contributed by atoms with E-state index in [1.165, 1.54) is 0 Å². The van der Waals surface area contributed by atoms with E-state index in [0.29, 0.717) is 19.6 Å². The van der Waals surface area contributed by atoms with E-state index in [4.69, 9.17) is 0 Å². The molecule has 0 radical (unpaired) electrons. The smallest absolute Gasteiger partial charge is 0.240 e. The maximum absolute atomic E-state index is 12.2. The normalized spacial score (nSPS) is 21.0. The zero-order valence-electron chi connectivity index (χ0n) is 14.0. The molecule has 1 aliphatic heterocycles. The maximum Gasteiger partial charge on any atom is 0.240 e. The fraction of sp³-hybridized carbons (Fsp3) is 0.562. The Balaban J connectivity index is 1.77. The molecule has 4 N–H and O–H groups in total. The molecule has 7 nitrogen and oxygen atoms in total. The van der Waals surface area contributed by atoms with Crippen molar-refractivity contribution in [3.05, 3.63) is 29.3 Å². The zero-order chi connectivity index (χ0) is 17.7. The Hall–Kier alpha value is -1.48. The van der Waals surface area contributed by atoms with Crippen LogP contribution in [0.5, 0.6) is 0 Å². The molecular formula is C16H25N3O4S. The van der Waals surface area contributed by atoms with E-state index in [9.17, 15) is 18.3 Å². The van der Waals surface area contributed by atoms with Crippen molar-refractivity contribution in [3.8, 4) is 0 Å². The van der Waals surface area contributed by atoms with Crippen molar-refractivity contribution in [3.63, 3.8) is 0 Å². The lowest BCUT2D eigenvalue weighted by Crippen LogP contribution is -2.36.